The normalized spacial score (nSPS) is 10.7. The van der Waals surface area contributed by atoms with E-state index in [9.17, 15) is 4.79 Å². The maximum absolute atomic E-state index is 10.9. The van der Waals surface area contributed by atoms with Gasteiger partial charge in [-0.05, 0) is 18.9 Å². The smallest absolute Gasteiger partial charge is 0.151 e. The van der Waals surface area contributed by atoms with E-state index in [4.69, 9.17) is 0 Å². The summed E-state index contributed by atoms with van der Waals surface area (Å²) in [5.74, 6) is 0. The van der Waals surface area contributed by atoms with Gasteiger partial charge >= 0.3 is 0 Å². The standard InChI is InChI=1S/C12H12OS/c1-3-9-5-4-6-10-11(7-13)8(2)14-12(9)10/h4-7H,3H2,1-2H3. The zero-order chi connectivity index (χ0) is 10.1. The molecule has 2 rings (SSSR count). The maximum atomic E-state index is 10.9. The van der Waals surface area contributed by atoms with Gasteiger partial charge in [-0.3, -0.25) is 4.79 Å². The van der Waals surface area contributed by atoms with Crippen molar-refractivity contribution in [3.05, 3.63) is 34.2 Å². The summed E-state index contributed by atoms with van der Waals surface area (Å²) in [4.78, 5) is 12.0. The molecule has 14 heavy (non-hydrogen) atoms. The van der Waals surface area contributed by atoms with Gasteiger partial charge in [-0.15, -0.1) is 11.3 Å². The summed E-state index contributed by atoms with van der Waals surface area (Å²) < 4.78 is 1.27. The van der Waals surface area contributed by atoms with Gasteiger partial charge in [-0.1, -0.05) is 25.1 Å². The number of carbonyl (C=O) groups is 1. The summed E-state index contributed by atoms with van der Waals surface area (Å²) in [7, 11) is 0. The average Bonchev–Trinajstić information content (AvgIpc) is 2.52. The van der Waals surface area contributed by atoms with E-state index in [0.29, 0.717) is 0 Å². The molecule has 0 spiro atoms. The van der Waals surface area contributed by atoms with Gasteiger partial charge in [-0.25, -0.2) is 0 Å². The summed E-state index contributed by atoms with van der Waals surface area (Å²) in [6.45, 7) is 4.15. The molecule has 0 fully saturated rings. The van der Waals surface area contributed by atoms with E-state index in [-0.39, 0.29) is 0 Å². The van der Waals surface area contributed by atoms with E-state index in [0.717, 1.165) is 28.5 Å². The monoisotopic (exact) mass is 204 g/mol. The molecule has 1 aromatic heterocycles. The fourth-order valence-corrected chi connectivity index (χ4v) is 2.95. The number of rotatable bonds is 2. The lowest BCUT2D eigenvalue weighted by Gasteiger charge is -1.97. The molecule has 0 radical (unpaired) electrons. The molecule has 72 valence electrons. The molecule has 2 aromatic rings. The van der Waals surface area contributed by atoms with Crippen LogP contribution in [0.1, 0.15) is 27.7 Å². The number of fused-ring (bicyclic) bond motifs is 1. The lowest BCUT2D eigenvalue weighted by atomic mass is 10.1. The zero-order valence-electron chi connectivity index (χ0n) is 8.33. The number of hydrogen-bond donors (Lipinski definition) is 0. The number of aldehydes is 1. The minimum Gasteiger partial charge on any atom is -0.298 e. The SMILES string of the molecule is CCc1cccc2c(C=O)c(C)sc12. The van der Waals surface area contributed by atoms with Gasteiger partial charge in [0.05, 0.1) is 0 Å². The molecule has 0 amide bonds. The fourth-order valence-electron chi connectivity index (χ4n) is 1.74. The molecule has 0 aliphatic carbocycles. The number of hydrogen-bond acceptors (Lipinski definition) is 2. The van der Waals surface area contributed by atoms with Crippen molar-refractivity contribution in [1.82, 2.24) is 0 Å². The van der Waals surface area contributed by atoms with Crippen molar-refractivity contribution in [3.63, 3.8) is 0 Å². The Morgan fingerprint density at radius 2 is 2.21 bits per heavy atom. The molecule has 1 aromatic carbocycles. The first kappa shape index (κ1) is 9.41. The van der Waals surface area contributed by atoms with Crippen LogP contribution >= 0.6 is 11.3 Å². The van der Waals surface area contributed by atoms with Crippen LogP contribution in [0, 0.1) is 6.92 Å². The van der Waals surface area contributed by atoms with Gasteiger partial charge in [0.15, 0.2) is 6.29 Å². The molecule has 0 aliphatic rings. The minimum absolute atomic E-state index is 0.861. The average molecular weight is 204 g/mol. The molecule has 0 bridgehead atoms. The Kier molecular flexibility index (Phi) is 2.38. The highest BCUT2D eigenvalue weighted by Gasteiger charge is 2.09. The Labute approximate surface area is 87.4 Å². The molecule has 0 N–H and O–H groups in total. The van der Waals surface area contributed by atoms with Gasteiger partial charge in [0.1, 0.15) is 0 Å². The molecule has 0 saturated carbocycles. The van der Waals surface area contributed by atoms with Crippen LogP contribution in [0.4, 0.5) is 0 Å². The molecule has 0 atom stereocenters. The van der Waals surface area contributed by atoms with E-state index in [1.54, 1.807) is 11.3 Å². The van der Waals surface area contributed by atoms with Crippen LogP contribution in [-0.4, -0.2) is 6.29 Å². The third-order valence-corrected chi connectivity index (χ3v) is 3.73. The first-order chi connectivity index (χ1) is 6.77. The van der Waals surface area contributed by atoms with Gasteiger partial charge in [-0.2, -0.15) is 0 Å². The van der Waals surface area contributed by atoms with Crippen molar-refractivity contribution in [3.8, 4) is 0 Å². The predicted octanol–water partition coefficient (Wildman–Crippen LogP) is 3.58. The van der Waals surface area contributed by atoms with E-state index < -0.39 is 0 Å². The Morgan fingerprint density at radius 1 is 1.43 bits per heavy atom. The van der Waals surface area contributed by atoms with E-state index in [1.165, 1.54) is 10.3 Å². The van der Waals surface area contributed by atoms with Crippen LogP contribution in [0.15, 0.2) is 18.2 Å². The zero-order valence-corrected chi connectivity index (χ0v) is 9.15. The van der Waals surface area contributed by atoms with Crippen LogP contribution in [-0.2, 0) is 6.42 Å². The molecular formula is C12H12OS. The number of aryl methyl sites for hydroxylation is 2. The molecule has 2 heteroatoms. The Bertz CT molecular complexity index is 482. The number of benzene rings is 1. The highest BCUT2D eigenvalue weighted by molar-refractivity contribution is 7.19. The summed E-state index contributed by atoms with van der Waals surface area (Å²) in [6.07, 6.45) is 1.99. The molecular weight excluding hydrogens is 192 g/mol. The maximum Gasteiger partial charge on any atom is 0.151 e. The molecule has 1 heterocycles. The molecule has 0 aliphatic heterocycles. The van der Waals surface area contributed by atoms with Crippen molar-refractivity contribution in [2.45, 2.75) is 20.3 Å². The Morgan fingerprint density at radius 3 is 2.86 bits per heavy atom. The van der Waals surface area contributed by atoms with Crippen molar-refractivity contribution in [2.24, 2.45) is 0 Å². The minimum atomic E-state index is 0.861. The highest BCUT2D eigenvalue weighted by atomic mass is 32.1. The Hall–Kier alpha value is -1.15. The highest BCUT2D eigenvalue weighted by Crippen LogP contribution is 2.32. The van der Waals surface area contributed by atoms with Crippen LogP contribution in [0.5, 0.6) is 0 Å². The van der Waals surface area contributed by atoms with E-state index in [2.05, 4.69) is 13.0 Å². The van der Waals surface area contributed by atoms with Gasteiger partial charge in [0.2, 0.25) is 0 Å². The number of carbonyl (C=O) groups excluding carboxylic acids is 1. The second kappa shape index (κ2) is 3.54. The second-order valence-electron chi connectivity index (χ2n) is 3.34. The van der Waals surface area contributed by atoms with E-state index in [1.807, 2.05) is 19.1 Å². The summed E-state index contributed by atoms with van der Waals surface area (Å²) in [5.41, 5.74) is 2.20. The van der Waals surface area contributed by atoms with Crippen molar-refractivity contribution < 1.29 is 4.79 Å². The first-order valence-corrected chi connectivity index (χ1v) is 5.55. The predicted molar refractivity (Wildman–Crippen MR) is 61.3 cm³/mol. The summed E-state index contributed by atoms with van der Waals surface area (Å²) in [5, 5.41) is 1.11. The Balaban J connectivity index is 2.85. The first-order valence-electron chi connectivity index (χ1n) is 4.74. The molecule has 1 nitrogen and oxygen atoms in total. The fraction of sp³-hybridized carbons (Fsp3) is 0.250. The van der Waals surface area contributed by atoms with Crippen LogP contribution in [0.25, 0.3) is 10.1 Å². The summed E-state index contributed by atoms with van der Waals surface area (Å²) in [6, 6.07) is 6.19. The lowest BCUT2D eigenvalue weighted by Crippen LogP contribution is -1.81. The third kappa shape index (κ3) is 1.26. The van der Waals surface area contributed by atoms with Crippen LogP contribution in [0.3, 0.4) is 0 Å². The van der Waals surface area contributed by atoms with Crippen molar-refractivity contribution in [1.29, 1.82) is 0 Å². The molecule has 0 saturated heterocycles. The van der Waals surface area contributed by atoms with Crippen molar-refractivity contribution in [2.75, 3.05) is 0 Å². The van der Waals surface area contributed by atoms with Gasteiger partial charge in [0, 0.05) is 20.5 Å². The number of thiophene rings is 1. The topological polar surface area (TPSA) is 17.1 Å². The molecule has 0 unspecified atom stereocenters. The van der Waals surface area contributed by atoms with Crippen LogP contribution in [0.2, 0.25) is 0 Å². The largest absolute Gasteiger partial charge is 0.298 e. The third-order valence-electron chi connectivity index (χ3n) is 2.52. The van der Waals surface area contributed by atoms with Crippen molar-refractivity contribution >= 4 is 27.7 Å². The quantitative estimate of drug-likeness (QED) is 0.683. The van der Waals surface area contributed by atoms with Gasteiger partial charge < -0.3 is 0 Å². The summed E-state index contributed by atoms with van der Waals surface area (Å²) >= 11 is 1.72. The lowest BCUT2D eigenvalue weighted by molar-refractivity contribution is 0.112. The van der Waals surface area contributed by atoms with Crippen LogP contribution < -0.4 is 0 Å². The second-order valence-corrected chi connectivity index (χ2v) is 4.56. The van der Waals surface area contributed by atoms with Gasteiger partial charge in [0.25, 0.3) is 0 Å². The van der Waals surface area contributed by atoms with E-state index >= 15 is 0 Å².